The second-order valence-corrected chi connectivity index (χ2v) is 10.5. The number of nitrogens with one attached hydrogen (secondary N) is 1. The molecule has 8 nitrogen and oxygen atoms in total. The van der Waals surface area contributed by atoms with Crippen LogP contribution in [0.5, 0.6) is 5.75 Å². The molecule has 1 aliphatic rings. The van der Waals surface area contributed by atoms with Crippen LogP contribution in [0.1, 0.15) is 41.3 Å². The van der Waals surface area contributed by atoms with Gasteiger partial charge in [0.15, 0.2) is 6.61 Å². The molecule has 0 aliphatic carbocycles. The summed E-state index contributed by atoms with van der Waals surface area (Å²) in [7, 11) is -3.73. The van der Waals surface area contributed by atoms with Crippen LogP contribution in [0.3, 0.4) is 0 Å². The minimum Gasteiger partial charge on any atom is -0.492 e. The first-order chi connectivity index (χ1) is 16.2. The van der Waals surface area contributed by atoms with Crippen molar-refractivity contribution < 1.29 is 27.5 Å². The Labute approximate surface area is 201 Å². The van der Waals surface area contributed by atoms with Crippen LogP contribution in [0.2, 0.25) is 0 Å². The maximum atomic E-state index is 13.3. The minimum absolute atomic E-state index is 0.104. The number of carbonyl (C=O) groups excluding carboxylic acids is 2. The van der Waals surface area contributed by atoms with Gasteiger partial charge < -0.3 is 14.8 Å². The van der Waals surface area contributed by atoms with Crippen molar-refractivity contribution in [2.45, 2.75) is 38.5 Å². The first-order valence-electron chi connectivity index (χ1n) is 11.4. The van der Waals surface area contributed by atoms with E-state index in [1.807, 2.05) is 30.3 Å². The van der Waals surface area contributed by atoms with Crippen LogP contribution >= 0.6 is 0 Å². The number of sulfonamides is 1. The van der Waals surface area contributed by atoms with Gasteiger partial charge in [-0.05, 0) is 68.0 Å². The van der Waals surface area contributed by atoms with E-state index < -0.39 is 28.5 Å². The van der Waals surface area contributed by atoms with E-state index in [0.29, 0.717) is 35.9 Å². The summed E-state index contributed by atoms with van der Waals surface area (Å²) in [5.74, 6) is -0.0268. The van der Waals surface area contributed by atoms with Gasteiger partial charge in [0.05, 0.1) is 17.0 Å². The SMILES string of the molecule is Cc1cc(C(=O)OCC(=O)NCCOc2ccccc2)cc(S(=O)(=O)N2CCC(C)CC2)c1C. The zero-order chi connectivity index (χ0) is 24.7. The van der Waals surface area contributed by atoms with Crippen molar-refractivity contribution in [3.05, 3.63) is 59.2 Å². The van der Waals surface area contributed by atoms with Gasteiger partial charge in [0.1, 0.15) is 12.4 Å². The molecule has 0 unspecified atom stereocenters. The van der Waals surface area contributed by atoms with Gasteiger partial charge in [0.2, 0.25) is 10.0 Å². The molecule has 0 bridgehead atoms. The quantitative estimate of drug-likeness (QED) is 0.430. The van der Waals surface area contributed by atoms with Crippen molar-refractivity contribution in [2.24, 2.45) is 5.92 Å². The Bertz CT molecular complexity index is 1110. The van der Waals surface area contributed by atoms with Crippen LogP contribution in [-0.2, 0) is 19.6 Å². The van der Waals surface area contributed by atoms with E-state index in [2.05, 4.69) is 12.2 Å². The smallest absolute Gasteiger partial charge is 0.338 e. The van der Waals surface area contributed by atoms with Crippen LogP contribution in [-0.4, -0.2) is 57.4 Å². The highest BCUT2D eigenvalue weighted by Gasteiger charge is 2.30. The summed E-state index contributed by atoms with van der Waals surface area (Å²) in [6, 6.07) is 12.1. The number of benzene rings is 2. The van der Waals surface area contributed by atoms with Crippen molar-refractivity contribution in [3.8, 4) is 5.75 Å². The first-order valence-corrected chi connectivity index (χ1v) is 12.9. The fourth-order valence-electron chi connectivity index (χ4n) is 3.72. The maximum absolute atomic E-state index is 13.3. The average Bonchev–Trinajstić information content (AvgIpc) is 2.82. The number of esters is 1. The highest BCUT2D eigenvalue weighted by molar-refractivity contribution is 7.89. The van der Waals surface area contributed by atoms with Crippen LogP contribution in [0.15, 0.2) is 47.4 Å². The standard InChI is InChI=1S/C25H32N2O6S/c1-18-9-12-27(13-10-18)34(30,31)23-16-21(15-19(2)20(23)3)25(29)33-17-24(28)26-11-14-32-22-7-5-4-6-8-22/h4-8,15-16,18H,9-14,17H2,1-3H3,(H,26,28). The number of piperidine rings is 1. The van der Waals surface area contributed by atoms with Crippen LogP contribution in [0.4, 0.5) is 0 Å². The number of aryl methyl sites for hydroxylation is 1. The lowest BCUT2D eigenvalue weighted by atomic mass is 10.0. The average molecular weight is 489 g/mol. The number of amides is 1. The molecule has 1 saturated heterocycles. The molecule has 9 heteroatoms. The molecule has 34 heavy (non-hydrogen) atoms. The lowest BCUT2D eigenvalue weighted by Crippen LogP contribution is -2.38. The Hall–Kier alpha value is -2.91. The van der Waals surface area contributed by atoms with Gasteiger partial charge >= 0.3 is 5.97 Å². The van der Waals surface area contributed by atoms with Gasteiger partial charge in [-0.15, -0.1) is 0 Å². The van der Waals surface area contributed by atoms with E-state index in [-0.39, 0.29) is 23.6 Å². The number of para-hydroxylation sites is 1. The molecule has 2 aromatic rings. The summed E-state index contributed by atoms with van der Waals surface area (Å²) in [5.41, 5.74) is 1.37. The molecule has 1 N–H and O–H groups in total. The Morgan fingerprint density at radius 1 is 1.09 bits per heavy atom. The molecular formula is C25H32N2O6S. The second kappa shape index (κ2) is 11.5. The third-order valence-corrected chi connectivity index (χ3v) is 8.01. The number of carbonyl (C=O) groups is 2. The molecule has 2 aromatic carbocycles. The number of ether oxygens (including phenoxy) is 2. The summed E-state index contributed by atoms with van der Waals surface area (Å²) in [6.07, 6.45) is 1.62. The van der Waals surface area contributed by atoms with E-state index >= 15 is 0 Å². The predicted molar refractivity (Wildman–Crippen MR) is 128 cm³/mol. The third-order valence-electron chi connectivity index (χ3n) is 5.99. The summed E-state index contributed by atoms with van der Waals surface area (Å²) in [5, 5.41) is 2.62. The molecule has 1 aliphatic heterocycles. The van der Waals surface area contributed by atoms with Crippen molar-refractivity contribution >= 4 is 21.9 Å². The topological polar surface area (TPSA) is 102 Å². The normalized spacial score (nSPS) is 15.0. The lowest BCUT2D eigenvalue weighted by Gasteiger charge is -2.30. The van der Waals surface area contributed by atoms with Crippen LogP contribution in [0, 0.1) is 19.8 Å². The van der Waals surface area contributed by atoms with Gasteiger partial charge in [-0.2, -0.15) is 4.31 Å². The summed E-state index contributed by atoms with van der Waals surface area (Å²) >= 11 is 0. The third kappa shape index (κ3) is 6.57. The monoisotopic (exact) mass is 488 g/mol. The van der Waals surface area contributed by atoms with Crippen molar-refractivity contribution in [3.63, 3.8) is 0 Å². The van der Waals surface area contributed by atoms with Crippen molar-refractivity contribution in [1.29, 1.82) is 0 Å². The molecule has 0 radical (unpaired) electrons. The molecule has 0 atom stereocenters. The van der Waals surface area contributed by atoms with E-state index in [0.717, 1.165) is 12.8 Å². The highest BCUT2D eigenvalue weighted by Crippen LogP contribution is 2.28. The van der Waals surface area contributed by atoms with Crippen LogP contribution < -0.4 is 10.1 Å². The van der Waals surface area contributed by atoms with E-state index in [1.54, 1.807) is 19.9 Å². The Morgan fingerprint density at radius 3 is 2.44 bits per heavy atom. The fraction of sp³-hybridized carbons (Fsp3) is 0.440. The number of nitrogens with zero attached hydrogens (tertiary/aromatic N) is 1. The molecule has 0 saturated carbocycles. The predicted octanol–water partition coefficient (Wildman–Crippen LogP) is 3.08. The van der Waals surface area contributed by atoms with E-state index in [1.165, 1.54) is 10.4 Å². The van der Waals surface area contributed by atoms with Gasteiger partial charge in [-0.25, -0.2) is 13.2 Å². The van der Waals surface area contributed by atoms with E-state index in [9.17, 15) is 18.0 Å². The number of hydrogen-bond acceptors (Lipinski definition) is 6. The largest absolute Gasteiger partial charge is 0.492 e. The summed E-state index contributed by atoms with van der Waals surface area (Å²) in [4.78, 5) is 24.7. The lowest BCUT2D eigenvalue weighted by molar-refractivity contribution is -0.124. The molecule has 1 amide bonds. The second-order valence-electron chi connectivity index (χ2n) is 8.59. The number of hydrogen-bond donors (Lipinski definition) is 1. The van der Waals surface area contributed by atoms with Crippen molar-refractivity contribution in [1.82, 2.24) is 9.62 Å². The highest BCUT2D eigenvalue weighted by atomic mass is 32.2. The fourth-order valence-corrected chi connectivity index (χ4v) is 5.51. The zero-order valence-corrected chi connectivity index (χ0v) is 20.7. The molecule has 184 valence electrons. The number of rotatable bonds is 9. The summed E-state index contributed by atoms with van der Waals surface area (Å²) in [6.45, 7) is 6.59. The van der Waals surface area contributed by atoms with E-state index in [4.69, 9.17) is 9.47 Å². The molecule has 1 heterocycles. The molecule has 0 spiro atoms. The Morgan fingerprint density at radius 2 is 1.76 bits per heavy atom. The summed E-state index contributed by atoms with van der Waals surface area (Å²) < 4.78 is 38.6. The minimum atomic E-state index is -3.73. The zero-order valence-electron chi connectivity index (χ0n) is 19.9. The molecule has 0 aromatic heterocycles. The van der Waals surface area contributed by atoms with Gasteiger partial charge in [0, 0.05) is 13.1 Å². The molecule has 1 fully saturated rings. The van der Waals surface area contributed by atoms with Crippen molar-refractivity contribution in [2.75, 3.05) is 32.8 Å². The Kier molecular flexibility index (Phi) is 8.68. The van der Waals surface area contributed by atoms with Crippen LogP contribution in [0.25, 0.3) is 0 Å². The van der Waals surface area contributed by atoms with Gasteiger partial charge in [-0.3, -0.25) is 4.79 Å². The maximum Gasteiger partial charge on any atom is 0.338 e. The Balaban J connectivity index is 1.57. The molecule has 3 rings (SSSR count). The van der Waals surface area contributed by atoms with Gasteiger partial charge in [0.25, 0.3) is 5.91 Å². The van der Waals surface area contributed by atoms with Gasteiger partial charge in [-0.1, -0.05) is 25.1 Å². The first kappa shape index (κ1) is 25.7. The molecular weight excluding hydrogens is 456 g/mol.